The van der Waals surface area contributed by atoms with Crippen LogP contribution < -0.4 is 0 Å². The molecule has 3 nitrogen and oxygen atoms in total. The average Bonchev–Trinajstić information content (AvgIpc) is 2.65. The summed E-state index contributed by atoms with van der Waals surface area (Å²) in [5.74, 6) is 0.425. The summed E-state index contributed by atoms with van der Waals surface area (Å²) in [4.78, 5) is 15.9. The highest BCUT2D eigenvalue weighted by molar-refractivity contribution is 6.06. The molecule has 14 heavy (non-hydrogen) atoms. The van der Waals surface area contributed by atoms with E-state index in [9.17, 15) is 4.79 Å². The molecule has 1 heterocycles. The van der Waals surface area contributed by atoms with Crippen molar-refractivity contribution in [3.8, 4) is 0 Å². The van der Waals surface area contributed by atoms with Gasteiger partial charge in [0.25, 0.3) is 0 Å². The van der Waals surface area contributed by atoms with Crippen LogP contribution in [-0.4, -0.2) is 15.3 Å². The quantitative estimate of drug-likeness (QED) is 0.668. The zero-order chi connectivity index (χ0) is 9.97. The van der Waals surface area contributed by atoms with Gasteiger partial charge in [-0.25, -0.2) is 4.98 Å². The van der Waals surface area contributed by atoms with Crippen molar-refractivity contribution in [2.24, 2.45) is 7.05 Å². The summed E-state index contributed by atoms with van der Waals surface area (Å²) in [6, 6.07) is 9.15. The van der Waals surface area contributed by atoms with E-state index in [1.165, 1.54) is 0 Å². The number of carbonyl (C=O) groups excluding carboxylic acids is 1. The van der Waals surface area contributed by atoms with Crippen molar-refractivity contribution in [2.45, 2.75) is 0 Å². The molecule has 0 spiro atoms. The highest BCUT2D eigenvalue weighted by atomic mass is 16.1. The van der Waals surface area contributed by atoms with Crippen molar-refractivity contribution in [2.75, 3.05) is 0 Å². The third-order valence-corrected chi connectivity index (χ3v) is 2.06. The van der Waals surface area contributed by atoms with Crippen molar-refractivity contribution >= 4 is 5.78 Å². The maximum Gasteiger partial charge on any atom is 0.228 e. The Kier molecular flexibility index (Phi) is 2.14. The molecule has 0 N–H and O–H groups in total. The number of aryl methyl sites for hydroxylation is 1. The molecule has 0 aliphatic carbocycles. The number of carbonyl (C=O) groups is 1. The Hall–Kier alpha value is -1.90. The van der Waals surface area contributed by atoms with Crippen LogP contribution in [0.2, 0.25) is 0 Å². The lowest BCUT2D eigenvalue weighted by molar-refractivity contribution is 0.102. The minimum Gasteiger partial charge on any atom is -0.331 e. The Labute approximate surface area is 82.0 Å². The van der Waals surface area contributed by atoms with Crippen LogP contribution >= 0.6 is 0 Å². The first-order valence-electron chi connectivity index (χ1n) is 4.36. The molecule has 0 saturated heterocycles. The van der Waals surface area contributed by atoms with E-state index in [4.69, 9.17) is 0 Å². The molecule has 0 atom stereocenters. The number of hydrogen-bond acceptors (Lipinski definition) is 2. The van der Waals surface area contributed by atoms with Crippen LogP contribution in [0.5, 0.6) is 0 Å². The highest BCUT2D eigenvalue weighted by Crippen LogP contribution is 2.06. The molecule has 70 valence electrons. The molecular formula is C11H10N2O. The van der Waals surface area contributed by atoms with Crippen LogP contribution in [0.15, 0.2) is 42.7 Å². The molecule has 1 aromatic heterocycles. The van der Waals surface area contributed by atoms with Crippen molar-refractivity contribution in [1.82, 2.24) is 9.55 Å². The van der Waals surface area contributed by atoms with Crippen LogP contribution in [0.3, 0.4) is 0 Å². The SMILES string of the molecule is Cn1ccnc1C(=O)c1ccccc1. The van der Waals surface area contributed by atoms with Crippen LogP contribution in [0.25, 0.3) is 0 Å². The monoisotopic (exact) mass is 186 g/mol. The second-order valence-electron chi connectivity index (χ2n) is 3.06. The molecule has 0 saturated carbocycles. The molecule has 0 fully saturated rings. The van der Waals surface area contributed by atoms with Gasteiger partial charge in [0.2, 0.25) is 5.78 Å². The molecule has 2 aromatic rings. The summed E-state index contributed by atoms with van der Waals surface area (Å²) in [7, 11) is 1.81. The first-order valence-corrected chi connectivity index (χ1v) is 4.36. The number of imidazole rings is 1. The number of ketones is 1. The molecular weight excluding hydrogens is 176 g/mol. The van der Waals surface area contributed by atoms with Gasteiger partial charge >= 0.3 is 0 Å². The second-order valence-corrected chi connectivity index (χ2v) is 3.06. The fourth-order valence-corrected chi connectivity index (χ4v) is 1.30. The summed E-state index contributed by atoms with van der Waals surface area (Å²) in [6.45, 7) is 0. The lowest BCUT2D eigenvalue weighted by Crippen LogP contribution is -2.08. The average molecular weight is 186 g/mol. The zero-order valence-corrected chi connectivity index (χ0v) is 7.84. The number of hydrogen-bond donors (Lipinski definition) is 0. The van der Waals surface area contributed by atoms with Crippen LogP contribution in [0.1, 0.15) is 16.2 Å². The predicted molar refractivity (Wildman–Crippen MR) is 53.1 cm³/mol. The third kappa shape index (κ3) is 1.44. The summed E-state index contributed by atoms with van der Waals surface area (Å²) >= 11 is 0. The first kappa shape index (κ1) is 8.69. The topological polar surface area (TPSA) is 34.9 Å². The van der Waals surface area contributed by atoms with Crippen molar-refractivity contribution < 1.29 is 4.79 Å². The zero-order valence-electron chi connectivity index (χ0n) is 7.84. The van der Waals surface area contributed by atoms with Gasteiger partial charge in [0.15, 0.2) is 5.82 Å². The van der Waals surface area contributed by atoms with E-state index in [-0.39, 0.29) is 5.78 Å². The Balaban J connectivity index is 2.39. The van der Waals surface area contributed by atoms with Gasteiger partial charge < -0.3 is 4.57 Å². The van der Waals surface area contributed by atoms with Gasteiger partial charge in [-0.3, -0.25) is 4.79 Å². The van der Waals surface area contributed by atoms with Crippen molar-refractivity contribution in [1.29, 1.82) is 0 Å². The van der Waals surface area contributed by atoms with Gasteiger partial charge in [-0.1, -0.05) is 30.3 Å². The van der Waals surface area contributed by atoms with E-state index in [0.717, 1.165) is 0 Å². The van der Waals surface area contributed by atoms with Crippen molar-refractivity contribution in [3.05, 3.63) is 54.1 Å². The maximum atomic E-state index is 11.8. The van der Waals surface area contributed by atoms with Crippen molar-refractivity contribution in [3.63, 3.8) is 0 Å². The van der Waals surface area contributed by atoms with E-state index in [0.29, 0.717) is 11.4 Å². The van der Waals surface area contributed by atoms with Gasteiger partial charge in [0.05, 0.1) is 0 Å². The lowest BCUT2D eigenvalue weighted by atomic mass is 10.1. The normalized spacial score (nSPS) is 10.1. The lowest BCUT2D eigenvalue weighted by Gasteiger charge is -1.99. The van der Waals surface area contributed by atoms with Gasteiger partial charge in [0, 0.05) is 25.0 Å². The van der Waals surface area contributed by atoms with E-state index in [2.05, 4.69) is 4.98 Å². The van der Waals surface area contributed by atoms with E-state index in [1.54, 1.807) is 29.1 Å². The standard InChI is InChI=1S/C11H10N2O/c1-13-8-7-12-11(13)10(14)9-5-3-2-4-6-9/h2-8H,1H3. The molecule has 1 aromatic carbocycles. The first-order chi connectivity index (χ1) is 6.79. The molecule has 0 bridgehead atoms. The van der Waals surface area contributed by atoms with Gasteiger partial charge in [0.1, 0.15) is 0 Å². The molecule has 0 aliphatic rings. The van der Waals surface area contributed by atoms with Crippen LogP contribution in [0, 0.1) is 0 Å². The minimum atomic E-state index is -0.0434. The Morgan fingerprint density at radius 3 is 2.57 bits per heavy atom. The summed E-state index contributed by atoms with van der Waals surface area (Å²) < 4.78 is 1.72. The molecule has 2 rings (SSSR count). The molecule has 0 amide bonds. The summed E-state index contributed by atoms with van der Waals surface area (Å²) in [5, 5.41) is 0. The van der Waals surface area contributed by atoms with E-state index in [1.807, 2.05) is 25.2 Å². The number of benzene rings is 1. The fourth-order valence-electron chi connectivity index (χ4n) is 1.30. The molecule has 0 unspecified atom stereocenters. The van der Waals surface area contributed by atoms with Gasteiger partial charge in [-0.05, 0) is 0 Å². The highest BCUT2D eigenvalue weighted by Gasteiger charge is 2.12. The minimum absolute atomic E-state index is 0.0434. The number of rotatable bonds is 2. The number of aromatic nitrogens is 2. The fraction of sp³-hybridized carbons (Fsp3) is 0.0909. The second kappa shape index (κ2) is 3.46. The molecule has 0 aliphatic heterocycles. The predicted octanol–water partition coefficient (Wildman–Crippen LogP) is 1.65. The molecule has 0 radical (unpaired) electrons. The molecule has 3 heteroatoms. The number of nitrogens with zero attached hydrogens (tertiary/aromatic N) is 2. The Morgan fingerprint density at radius 2 is 2.00 bits per heavy atom. The summed E-state index contributed by atoms with van der Waals surface area (Å²) in [5.41, 5.74) is 0.668. The Morgan fingerprint density at radius 1 is 1.29 bits per heavy atom. The summed E-state index contributed by atoms with van der Waals surface area (Å²) in [6.07, 6.45) is 3.38. The maximum absolute atomic E-state index is 11.8. The largest absolute Gasteiger partial charge is 0.331 e. The van der Waals surface area contributed by atoms with Crippen LogP contribution in [0.4, 0.5) is 0 Å². The van der Waals surface area contributed by atoms with Gasteiger partial charge in [-0.2, -0.15) is 0 Å². The van der Waals surface area contributed by atoms with Crippen LogP contribution in [-0.2, 0) is 7.05 Å². The van der Waals surface area contributed by atoms with E-state index < -0.39 is 0 Å². The third-order valence-electron chi connectivity index (χ3n) is 2.06. The van der Waals surface area contributed by atoms with Gasteiger partial charge in [-0.15, -0.1) is 0 Å². The Bertz CT molecular complexity index is 445. The smallest absolute Gasteiger partial charge is 0.228 e. The van der Waals surface area contributed by atoms with E-state index >= 15 is 0 Å².